The molecule has 2 rings (SSSR count). The largest absolute Gasteiger partial charge is 0.357 e. The molecule has 1 aromatic rings. The number of likely N-dealkylation sites (N-methyl/N-ethyl adjacent to an activating group) is 1. The number of guanidine groups is 1. The van der Waals surface area contributed by atoms with Crippen molar-refractivity contribution in [2.75, 3.05) is 32.9 Å². The summed E-state index contributed by atoms with van der Waals surface area (Å²) in [6.07, 6.45) is 4.32. The van der Waals surface area contributed by atoms with Gasteiger partial charge in [0.2, 0.25) is 0 Å². The third-order valence-corrected chi connectivity index (χ3v) is 7.22. The lowest BCUT2D eigenvalue weighted by molar-refractivity contribution is 0.306. The molecule has 28 heavy (non-hydrogen) atoms. The van der Waals surface area contributed by atoms with E-state index in [1.54, 1.807) is 0 Å². The third kappa shape index (κ3) is 6.89. The molecule has 5 nitrogen and oxygen atoms in total. The Morgan fingerprint density at radius 1 is 1.25 bits per heavy atom. The SMILES string of the molecule is CCNC(=NCC(c1ccc(C)cc1)N(C)C)NC1CCCC(S(=O)CC)C1. The molecule has 0 saturated heterocycles. The molecule has 4 atom stereocenters. The van der Waals surface area contributed by atoms with Gasteiger partial charge in [-0.25, -0.2) is 0 Å². The van der Waals surface area contributed by atoms with E-state index in [1.165, 1.54) is 11.1 Å². The van der Waals surface area contributed by atoms with Crippen LogP contribution in [0.5, 0.6) is 0 Å². The van der Waals surface area contributed by atoms with Gasteiger partial charge in [-0.2, -0.15) is 0 Å². The third-order valence-electron chi connectivity index (χ3n) is 5.48. The monoisotopic (exact) mass is 406 g/mol. The average molecular weight is 407 g/mol. The van der Waals surface area contributed by atoms with Gasteiger partial charge in [0.15, 0.2) is 5.96 Å². The Bertz CT molecular complexity index is 644. The fourth-order valence-corrected chi connectivity index (χ4v) is 5.15. The topological polar surface area (TPSA) is 56.7 Å². The number of aliphatic imine (C=N–C) groups is 1. The van der Waals surface area contributed by atoms with Gasteiger partial charge in [0.05, 0.1) is 12.6 Å². The van der Waals surface area contributed by atoms with Crippen molar-refractivity contribution < 1.29 is 4.21 Å². The molecule has 2 N–H and O–H groups in total. The van der Waals surface area contributed by atoms with Crippen molar-refractivity contribution >= 4 is 16.8 Å². The van der Waals surface area contributed by atoms with E-state index in [4.69, 9.17) is 4.99 Å². The van der Waals surface area contributed by atoms with Crippen LogP contribution in [0, 0.1) is 6.92 Å². The second kappa shape index (κ2) is 11.6. The Kier molecular flexibility index (Phi) is 9.45. The molecule has 158 valence electrons. The van der Waals surface area contributed by atoms with E-state index in [0.717, 1.165) is 43.9 Å². The normalized spacial score (nSPS) is 22.7. The van der Waals surface area contributed by atoms with Gasteiger partial charge in [-0.05, 0) is 52.8 Å². The van der Waals surface area contributed by atoms with Gasteiger partial charge in [0.1, 0.15) is 0 Å². The van der Waals surface area contributed by atoms with Crippen LogP contribution in [-0.4, -0.2) is 59.3 Å². The Morgan fingerprint density at radius 2 is 1.96 bits per heavy atom. The highest BCUT2D eigenvalue weighted by Crippen LogP contribution is 2.23. The first-order valence-corrected chi connectivity index (χ1v) is 12.0. The van der Waals surface area contributed by atoms with Crippen LogP contribution in [0.3, 0.4) is 0 Å². The van der Waals surface area contributed by atoms with Crippen molar-refractivity contribution in [3.63, 3.8) is 0 Å². The minimum absolute atomic E-state index is 0.239. The number of nitrogens with one attached hydrogen (secondary N) is 2. The summed E-state index contributed by atoms with van der Waals surface area (Å²) in [4.78, 5) is 7.12. The molecule has 0 aromatic heterocycles. The van der Waals surface area contributed by atoms with Crippen LogP contribution in [0.25, 0.3) is 0 Å². The molecule has 0 bridgehead atoms. The highest BCUT2D eigenvalue weighted by molar-refractivity contribution is 7.85. The van der Waals surface area contributed by atoms with Crippen LogP contribution in [0.15, 0.2) is 29.3 Å². The summed E-state index contributed by atoms with van der Waals surface area (Å²) >= 11 is 0. The zero-order valence-electron chi connectivity index (χ0n) is 18.2. The van der Waals surface area contributed by atoms with Crippen LogP contribution in [0.1, 0.15) is 56.7 Å². The van der Waals surface area contributed by atoms with Crippen LogP contribution in [0.4, 0.5) is 0 Å². The van der Waals surface area contributed by atoms with Gasteiger partial charge >= 0.3 is 0 Å². The summed E-state index contributed by atoms with van der Waals surface area (Å²) in [5.74, 6) is 1.63. The zero-order chi connectivity index (χ0) is 20.5. The van der Waals surface area contributed by atoms with E-state index in [-0.39, 0.29) is 6.04 Å². The maximum atomic E-state index is 12.2. The van der Waals surface area contributed by atoms with E-state index >= 15 is 0 Å². The molecule has 0 aliphatic heterocycles. The molecular weight excluding hydrogens is 368 g/mol. The Hall–Kier alpha value is -1.40. The summed E-state index contributed by atoms with van der Waals surface area (Å²) in [7, 11) is 3.50. The molecule has 0 radical (unpaired) electrons. The van der Waals surface area contributed by atoms with Gasteiger partial charge in [-0.1, -0.05) is 43.2 Å². The molecule has 0 amide bonds. The second-order valence-electron chi connectivity index (χ2n) is 7.91. The van der Waals surface area contributed by atoms with Gasteiger partial charge in [-0.15, -0.1) is 0 Å². The van der Waals surface area contributed by atoms with Crippen molar-refractivity contribution in [3.8, 4) is 0 Å². The molecule has 0 spiro atoms. The maximum absolute atomic E-state index is 12.2. The van der Waals surface area contributed by atoms with Crippen molar-refractivity contribution in [1.82, 2.24) is 15.5 Å². The molecule has 1 saturated carbocycles. The number of hydrogen-bond donors (Lipinski definition) is 2. The number of benzene rings is 1. The molecule has 1 aliphatic rings. The summed E-state index contributed by atoms with van der Waals surface area (Å²) < 4.78 is 12.2. The van der Waals surface area contributed by atoms with Gasteiger partial charge in [0.25, 0.3) is 0 Å². The molecule has 1 aliphatic carbocycles. The summed E-state index contributed by atoms with van der Waals surface area (Å²) in [6.45, 7) is 7.76. The first-order valence-electron chi connectivity index (χ1n) is 10.6. The Morgan fingerprint density at radius 3 is 2.57 bits per heavy atom. The predicted octanol–water partition coefficient (Wildman–Crippen LogP) is 3.23. The van der Waals surface area contributed by atoms with Crippen LogP contribution in [-0.2, 0) is 10.8 Å². The molecule has 4 unspecified atom stereocenters. The lowest BCUT2D eigenvalue weighted by Gasteiger charge is -2.30. The van der Waals surface area contributed by atoms with Crippen molar-refractivity contribution in [2.45, 2.75) is 63.8 Å². The molecule has 1 aromatic carbocycles. The predicted molar refractivity (Wildman–Crippen MR) is 121 cm³/mol. The van der Waals surface area contributed by atoms with Crippen LogP contribution >= 0.6 is 0 Å². The summed E-state index contributed by atoms with van der Waals surface area (Å²) in [6, 6.07) is 9.31. The number of aryl methyl sites for hydroxylation is 1. The lowest BCUT2D eigenvalue weighted by atomic mass is 9.95. The quantitative estimate of drug-likeness (QED) is 0.514. The minimum atomic E-state index is -0.704. The van der Waals surface area contributed by atoms with Gasteiger partial charge in [-0.3, -0.25) is 9.20 Å². The smallest absolute Gasteiger partial charge is 0.191 e. The maximum Gasteiger partial charge on any atom is 0.191 e. The van der Waals surface area contributed by atoms with Crippen LogP contribution < -0.4 is 10.6 Å². The molecule has 6 heteroatoms. The van der Waals surface area contributed by atoms with Crippen molar-refractivity contribution in [3.05, 3.63) is 35.4 Å². The number of rotatable bonds is 8. The van der Waals surface area contributed by atoms with E-state index in [0.29, 0.717) is 17.8 Å². The Labute approximate surface area is 173 Å². The van der Waals surface area contributed by atoms with E-state index in [2.05, 4.69) is 67.7 Å². The molecule has 0 heterocycles. The molecular formula is C22H38N4OS. The van der Waals surface area contributed by atoms with Gasteiger partial charge < -0.3 is 15.5 Å². The zero-order valence-corrected chi connectivity index (χ0v) is 19.0. The minimum Gasteiger partial charge on any atom is -0.357 e. The van der Waals surface area contributed by atoms with E-state index < -0.39 is 10.8 Å². The van der Waals surface area contributed by atoms with Crippen molar-refractivity contribution in [1.29, 1.82) is 0 Å². The highest BCUT2D eigenvalue weighted by atomic mass is 32.2. The van der Waals surface area contributed by atoms with Gasteiger partial charge in [0, 0.05) is 34.4 Å². The standard InChI is InChI=1S/C22H38N4OS/c1-6-23-22(25-19-9-8-10-20(15-19)28(27)7-2)24-16-21(26(4)5)18-13-11-17(3)12-14-18/h11-14,19-21H,6-10,15-16H2,1-5H3,(H2,23,24,25). The fourth-order valence-electron chi connectivity index (χ4n) is 3.80. The first-order chi connectivity index (χ1) is 13.4. The van der Waals surface area contributed by atoms with E-state index in [9.17, 15) is 4.21 Å². The van der Waals surface area contributed by atoms with Crippen LogP contribution in [0.2, 0.25) is 0 Å². The Balaban J connectivity index is 2.05. The second-order valence-corrected chi connectivity index (χ2v) is 9.91. The average Bonchev–Trinajstić information content (AvgIpc) is 2.69. The summed E-state index contributed by atoms with van der Waals surface area (Å²) in [5.41, 5.74) is 2.56. The fraction of sp³-hybridized carbons (Fsp3) is 0.682. The van der Waals surface area contributed by atoms with Crippen molar-refractivity contribution in [2.24, 2.45) is 4.99 Å². The lowest BCUT2D eigenvalue weighted by Crippen LogP contribution is -2.47. The number of hydrogen-bond acceptors (Lipinski definition) is 3. The number of nitrogens with zero attached hydrogens (tertiary/aromatic N) is 2. The van der Waals surface area contributed by atoms with E-state index in [1.807, 2.05) is 6.92 Å². The molecule has 1 fully saturated rings. The summed E-state index contributed by atoms with van der Waals surface area (Å²) in [5, 5.41) is 7.31. The highest BCUT2D eigenvalue weighted by Gasteiger charge is 2.26. The first kappa shape index (κ1) is 22.9.